The average Bonchev–Trinajstić information content (AvgIpc) is 1.89. The second kappa shape index (κ2) is 5.36. The zero-order valence-corrected chi connectivity index (χ0v) is 8.84. The Balaban J connectivity index is 0.000000810. The summed E-state index contributed by atoms with van der Waals surface area (Å²) < 4.78 is 0. The molecule has 0 heterocycles. The smallest absolute Gasteiger partial charge is 0.854 e. The summed E-state index contributed by atoms with van der Waals surface area (Å²) >= 11 is 0. The van der Waals surface area contributed by atoms with Crippen LogP contribution in [-0.2, 0) is 0 Å². The molecule has 2 heteroatoms. The van der Waals surface area contributed by atoms with Gasteiger partial charge in [-0.25, -0.2) is 0 Å². The minimum atomic E-state index is 0. The minimum Gasteiger partial charge on any atom is -0.854 e. The molecule has 10 heavy (non-hydrogen) atoms. The van der Waals surface area contributed by atoms with E-state index < -0.39 is 0 Å². The monoisotopic (exact) mass is 148 g/mol. The minimum absolute atomic E-state index is 0. The summed E-state index contributed by atoms with van der Waals surface area (Å²) in [4.78, 5) is 0. The van der Waals surface area contributed by atoms with Gasteiger partial charge < -0.3 is 5.11 Å². The van der Waals surface area contributed by atoms with Gasteiger partial charge in [-0.2, -0.15) is 0 Å². The molecular formula is C8H13NaO. The van der Waals surface area contributed by atoms with Crippen molar-refractivity contribution in [2.45, 2.75) is 19.8 Å². The van der Waals surface area contributed by atoms with E-state index in [9.17, 15) is 5.11 Å². The van der Waals surface area contributed by atoms with E-state index in [4.69, 9.17) is 0 Å². The molecule has 2 unspecified atom stereocenters. The Morgan fingerprint density at radius 3 is 2.40 bits per heavy atom. The van der Waals surface area contributed by atoms with E-state index in [-0.39, 0.29) is 36.2 Å². The molecule has 1 aliphatic carbocycles. The Bertz CT molecular complexity index is 112. The first-order valence-electron chi connectivity index (χ1n) is 3.57. The Morgan fingerprint density at radius 2 is 2.00 bits per heavy atom. The molecule has 0 aromatic carbocycles. The van der Waals surface area contributed by atoms with E-state index >= 15 is 0 Å². The molecule has 1 rings (SSSR count). The van der Waals surface area contributed by atoms with E-state index in [1.165, 1.54) is 0 Å². The predicted octanol–water partition coefficient (Wildman–Crippen LogP) is -2.05. The van der Waals surface area contributed by atoms with Crippen LogP contribution in [0.3, 0.4) is 0 Å². The molecule has 0 amide bonds. The van der Waals surface area contributed by atoms with Crippen molar-refractivity contribution >= 4 is 0 Å². The van der Waals surface area contributed by atoms with Crippen molar-refractivity contribution in [2.24, 2.45) is 11.8 Å². The van der Waals surface area contributed by atoms with E-state index in [1.807, 2.05) is 0 Å². The van der Waals surface area contributed by atoms with Crippen LogP contribution in [0.5, 0.6) is 0 Å². The van der Waals surface area contributed by atoms with Gasteiger partial charge in [-0.15, -0.1) is 6.61 Å². The third kappa shape index (κ3) is 2.75. The van der Waals surface area contributed by atoms with Crippen LogP contribution in [0.25, 0.3) is 0 Å². The maximum atomic E-state index is 10.5. The summed E-state index contributed by atoms with van der Waals surface area (Å²) in [5, 5.41) is 10.5. The van der Waals surface area contributed by atoms with Crippen LogP contribution in [0.2, 0.25) is 0 Å². The molecule has 1 nitrogen and oxygen atoms in total. The normalized spacial score (nSPS) is 31.4. The molecule has 0 bridgehead atoms. The Morgan fingerprint density at radius 1 is 1.40 bits per heavy atom. The van der Waals surface area contributed by atoms with Gasteiger partial charge in [0.15, 0.2) is 0 Å². The number of hydrogen-bond acceptors (Lipinski definition) is 1. The fourth-order valence-electron chi connectivity index (χ4n) is 1.24. The molecule has 0 N–H and O–H groups in total. The Kier molecular flexibility index (Phi) is 5.74. The van der Waals surface area contributed by atoms with Gasteiger partial charge in [0, 0.05) is 0 Å². The topological polar surface area (TPSA) is 23.1 Å². The number of allylic oxidation sites excluding steroid dienone is 2. The maximum absolute atomic E-state index is 10.5. The van der Waals surface area contributed by atoms with Gasteiger partial charge in [0.2, 0.25) is 0 Å². The van der Waals surface area contributed by atoms with Crippen molar-refractivity contribution in [3.8, 4) is 0 Å². The zero-order chi connectivity index (χ0) is 6.69. The summed E-state index contributed by atoms with van der Waals surface area (Å²) in [5.74, 6) is 1.03. The molecule has 0 spiro atoms. The van der Waals surface area contributed by atoms with E-state index in [1.54, 1.807) is 0 Å². The third-order valence-electron chi connectivity index (χ3n) is 2.13. The van der Waals surface area contributed by atoms with E-state index in [2.05, 4.69) is 19.1 Å². The van der Waals surface area contributed by atoms with Crippen molar-refractivity contribution in [3.05, 3.63) is 12.2 Å². The first-order chi connectivity index (χ1) is 4.34. The van der Waals surface area contributed by atoms with Crippen LogP contribution in [0.15, 0.2) is 12.2 Å². The second-order valence-corrected chi connectivity index (χ2v) is 2.85. The summed E-state index contributed by atoms with van der Waals surface area (Å²) in [6.45, 7) is 2.26. The maximum Gasteiger partial charge on any atom is 1.00 e. The molecule has 1 aliphatic rings. The number of hydrogen-bond donors (Lipinski definition) is 0. The number of rotatable bonds is 1. The average molecular weight is 148 g/mol. The molecule has 0 saturated carbocycles. The molecule has 0 fully saturated rings. The molecule has 0 radical (unpaired) electrons. The van der Waals surface area contributed by atoms with Crippen molar-refractivity contribution < 1.29 is 34.7 Å². The van der Waals surface area contributed by atoms with Crippen LogP contribution >= 0.6 is 0 Å². The van der Waals surface area contributed by atoms with Gasteiger partial charge in [-0.1, -0.05) is 25.0 Å². The molecular weight excluding hydrogens is 135 g/mol. The van der Waals surface area contributed by atoms with Crippen molar-refractivity contribution in [2.75, 3.05) is 6.61 Å². The molecule has 0 aromatic rings. The SMILES string of the molecule is CC1CC=CCC1C[O-].[Na+]. The van der Waals surface area contributed by atoms with Crippen LogP contribution in [0, 0.1) is 11.8 Å². The molecule has 0 aliphatic heterocycles. The van der Waals surface area contributed by atoms with Gasteiger partial charge in [0.05, 0.1) is 0 Å². The van der Waals surface area contributed by atoms with Gasteiger partial charge in [-0.3, -0.25) is 0 Å². The first-order valence-corrected chi connectivity index (χ1v) is 3.57. The molecule has 2 atom stereocenters. The summed E-state index contributed by atoms with van der Waals surface area (Å²) in [5.41, 5.74) is 0. The fraction of sp³-hybridized carbons (Fsp3) is 0.750. The summed E-state index contributed by atoms with van der Waals surface area (Å²) in [6.07, 6.45) is 6.41. The standard InChI is InChI=1S/C8H13O.Na/c1-7-4-2-3-5-8(7)6-9;/h2-3,7-8H,4-6H2,1H3;/q-1;+1. The van der Waals surface area contributed by atoms with Gasteiger partial charge >= 0.3 is 29.6 Å². The predicted molar refractivity (Wildman–Crippen MR) is 35.9 cm³/mol. The Labute approximate surface area is 84.8 Å². The van der Waals surface area contributed by atoms with Crippen LogP contribution in [0.1, 0.15) is 19.8 Å². The van der Waals surface area contributed by atoms with Crippen LogP contribution in [-0.4, -0.2) is 6.61 Å². The van der Waals surface area contributed by atoms with Crippen molar-refractivity contribution in [1.29, 1.82) is 0 Å². The summed E-state index contributed by atoms with van der Waals surface area (Å²) in [7, 11) is 0. The van der Waals surface area contributed by atoms with Gasteiger partial charge in [0.1, 0.15) is 0 Å². The van der Waals surface area contributed by atoms with E-state index in [0.29, 0.717) is 11.8 Å². The van der Waals surface area contributed by atoms with Gasteiger partial charge in [-0.05, 0) is 18.8 Å². The fourth-order valence-corrected chi connectivity index (χ4v) is 1.24. The quantitative estimate of drug-likeness (QED) is 0.310. The van der Waals surface area contributed by atoms with E-state index in [0.717, 1.165) is 12.8 Å². The molecule has 0 aromatic heterocycles. The van der Waals surface area contributed by atoms with Gasteiger partial charge in [0.25, 0.3) is 0 Å². The first kappa shape index (κ1) is 10.7. The summed E-state index contributed by atoms with van der Waals surface area (Å²) in [6, 6.07) is 0. The second-order valence-electron chi connectivity index (χ2n) is 2.85. The third-order valence-corrected chi connectivity index (χ3v) is 2.13. The van der Waals surface area contributed by atoms with Crippen molar-refractivity contribution in [3.63, 3.8) is 0 Å². The van der Waals surface area contributed by atoms with Crippen molar-refractivity contribution in [1.82, 2.24) is 0 Å². The molecule has 52 valence electrons. The molecule has 0 saturated heterocycles. The van der Waals surface area contributed by atoms with Crippen LogP contribution < -0.4 is 34.7 Å². The zero-order valence-electron chi connectivity index (χ0n) is 6.84. The largest absolute Gasteiger partial charge is 1.00 e. The Hall–Kier alpha value is 0.700. The van der Waals surface area contributed by atoms with Crippen LogP contribution in [0.4, 0.5) is 0 Å².